The highest BCUT2D eigenvalue weighted by atomic mass is 16.7. The highest BCUT2D eigenvalue weighted by Crippen LogP contribution is 2.30. The van der Waals surface area contributed by atoms with Gasteiger partial charge in [0.1, 0.15) is 48.8 Å². The maximum absolute atomic E-state index is 13.0. The third-order valence-electron chi connectivity index (χ3n) is 11.1. The third kappa shape index (κ3) is 19.1. The second-order valence-corrected chi connectivity index (χ2v) is 15.8. The van der Waals surface area contributed by atoms with Crippen molar-refractivity contribution in [3.8, 4) is 0 Å². The molecule has 0 aromatic heterocycles. The summed E-state index contributed by atoms with van der Waals surface area (Å²) in [5, 5.41) is 86.2. The van der Waals surface area contributed by atoms with E-state index in [0.717, 1.165) is 51.4 Å². The summed E-state index contributed by atoms with van der Waals surface area (Å²) in [5.41, 5.74) is 0. The smallest absolute Gasteiger partial charge is 0.220 e. The molecule has 0 spiro atoms. The van der Waals surface area contributed by atoms with Gasteiger partial charge >= 0.3 is 0 Å². The minimum Gasteiger partial charge on any atom is -0.394 e. The van der Waals surface area contributed by atoms with Crippen LogP contribution in [0.4, 0.5) is 0 Å². The van der Waals surface area contributed by atoms with Crippen molar-refractivity contribution in [2.45, 2.75) is 235 Å². The van der Waals surface area contributed by atoms with E-state index in [0.29, 0.717) is 12.8 Å². The third-order valence-corrected chi connectivity index (χ3v) is 11.1. The molecule has 0 saturated carbocycles. The lowest BCUT2D eigenvalue weighted by molar-refractivity contribution is -0.359. The molecule has 326 valence electrons. The molecular weight excluding hydrogens is 714 g/mol. The van der Waals surface area contributed by atoms with Crippen molar-refractivity contribution >= 4 is 5.91 Å². The lowest BCUT2D eigenvalue weighted by Gasteiger charge is -2.46. The number of ether oxygens (including phenoxy) is 4. The zero-order valence-corrected chi connectivity index (χ0v) is 33.9. The molecule has 2 aliphatic rings. The van der Waals surface area contributed by atoms with Crippen LogP contribution >= 0.6 is 0 Å². The Labute approximate surface area is 330 Å². The molecule has 0 aromatic rings. The van der Waals surface area contributed by atoms with E-state index in [1.54, 1.807) is 0 Å². The van der Waals surface area contributed by atoms with Gasteiger partial charge in [-0.2, -0.15) is 0 Å². The molecule has 14 nitrogen and oxygen atoms in total. The molecule has 12 atom stereocenters. The maximum atomic E-state index is 13.0. The van der Waals surface area contributed by atoms with Crippen molar-refractivity contribution in [1.82, 2.24) is 5.32 Å². The molecule has 2 rings (SSSR count). The minimum atomic E-state index is -1.78. The first-order valence-corrected chi connectivity index (χ1v) is 21.8. The average molecular weight is 794 g/mol. The fourth-order valence-corrected chi connectivity index (χ4v) is 7.41. The van der Waals surface area contributed by atoms with Crippen molar-refractivity contribution in [2.75, 3.05) is 19.8 Å². The van der Waals surface area contributed by atoms with Crippen LogP contribution < -0.4 is 5.32 Å². The maximum Gasteiger partial charge on any atom is 0.220 e. The van der Waals surface area contributed by atoms with Gasteiger partial charge in [-0.25, -0.2) is 0 Å². The zero-order chi connectivity index (χ0) is 40.4. The fraction of sp³-hybridized carbons (Fsp3) is 0.976. The van der Waals surface area contributed by atoms with Crippen molar-refractivity contribution in [2.24, 2.45) is 0 Å². The number of carbonyl (C=O) groups is 1. The van der Waals surface area contributed by atoms with E-state index in [2.05, 4.69) is 19.2 Å². The van der Waals surface area contributed by atoms with Gasteiger partial charge < -0.3 is 65.1 Å². The van der Waals surface area contributed by atoms with E-state index < -0.39 is 86.8 Å². The van der Waals surface area contributed by atoms with E-state index in [1.807, 2.05) is 0 Å². The Morgan fingerprint density at radius 1 is 0.582 bits per heavy atom. The van der Waals surface area contributed by atoms with Crippen molar-refractivity contribution in [3.05, 3.63) is 0 Å². The number of rotatable bonds is 32. The molecule has 14 heteroatoms. The van der Waals surface area contributed by atoms with Crippen LogP contribution in [0, 0.1) is 0 Å². The predicted octanol–water partition coefficient (Wildman–Crippen LogP) is 3.48. The van der Waals surface area contributed by atoms with Gasteiger partial charge in [-0.15, -0.1) is 0 Å². The Balaban J connectivity index is 1.86. The molecule has 9 N–H and O–H groups in total. The van der Waals surface area contributed by atoms with Gasteiger partial charge in [0, 0.05) is 6.42 Å². The van der Waals surface area contributed by atoms with Crippen LogP contribution in [0.2, 0.25) is 0 Å². The van der Waals surface area contributed by atoms with Crippen molar-refractivity contribution in [3.63, 3.8) is 0 Å². The standard InChI is InChI=1S/C41H79NO13/c1-3-5-7-9-11-12-13-14-15-16-17-19-21-23-25-33(46)42-29(30(45)24-22-20-18-10-8-6-4-2)28-52-40-38(51)36(49)39(32(27-44)54-40)55-41-37(50)35(48)34(47)31(26-43)53-41/h29-32,34-41,43-45,47-51H,3-28H2,1-2H3,(H,42,46). The summed E-state index contributed by atoms with van der Waals surface area (Å²) in [6.45, 7) is 2.77. The first-order chi connectivity index (χ1) is 26.6. The molecule has 2 aliphatic heterocycles. The van der Waals surface area contributed by atoms with Gasteiger partial charge in [-0.3, -0.25) is 4.79 Å². The van der Waals surface area contributed by atoms with E-state index >= 15 is 0 Å². The average Bonchev–Trinajstić information content (AvgIpc) is 3.18. The molecule has 55 heavy (non-hydrogen) atoms. The quantitative estimate of drug-likeness (QED) is 0.0445. The van der Waals surface area contributed by atoms with E-state index in [-0.39, 0.29) is 12.5 Å². The molecule has 2 heterocycles. The number of carbonyl (C=O) groups excluding carboxylic acids is 1. The molecule has 0 radical (unpaired) electrons. The van der Waals surface area contributed by atoms with Crippen LogP contribution in [0.5, 0.6) is 0 Å². The van der Waals surface area contributed by atoms with Crippen LogP contribution in [-0.4, -0.2) is 140 Å². The molecular formula is C41H79NO13. The highest BCUT2D eigenvalue weighted by Gasteiger charge is 2.51. The number of aliphatic hydroxyl groups excluding tert-OH is 8. The van der Waals surface area contributed by atoms with Gasteiger partial charge in [0.05, 0.1) is 32.0 Å². The van der Waals surface area contributed by atoms with E-state index in [4.69, 9.17) is 18.9 Å². The summed E-state index contributed by atoms with van der Waals surface area (Å²) in [6, 6.07) is -0.817. The van der Waals surface area contributed by atoms with Crippen LogP contribution in [0.3, 0.4) is 0 Å². The van der Waals surface area contributed by atoms with Crippen LogP contribution in [0.15, 0.2) is 0 Å². The largest absolute Gasteiger partial charge is 0.394 e. The SMILES string of the molecule is CCCCCCCCCCCCCCCCC(=O)NC(COC1OC(CO)C(OC2OC(CO)C(O)C(O)C2O)C(O)C1O)C(O)CCCCCCCCC. The molecule has 12 unspecified atom stereocenters. The molecule has 1 amide bonds. The summed E-state index contributed by atoms with van der Waals surface area (Å²) in [7, 11) is 0. The van der Waals surface area contributed by atoms with Gasteiger partial charge in [-0.1, -0.05) is 142 Å². The number of unbranched alkanes of at least 4 members (excludes halogenated alkanes) is 19. The Morgan fingerprint density at radius 2 is 1.04 bits per heavy atom. The Morgan fingerprint density at radius 3 is 1.55 bits per heavy atom. The second-order valence-electron chi connectivity index (χ2n) is 15.8. The minimum absolute atomic E-state index is 0.211. The summed E-state index contributed by atoms with van der Waals surface area (Å²) in [6.07, 6.45) is 8.58. The van der Waals surface area contributed by atoms with E-state index in [1.165, 1.54) is 83.5 Å². The molecule has 2 saturated heterocycles. The molecule has 0 bridgehead atoms. The predicted molar refractivity (Wildman–Crippen MR) is 208 cm³/mol. The lowest BCUT2D eigenvalue weighted by Crippen LogP contribution is -2.65. The monoisotopic (exact) mass is 794 g/mol. The van der Waals surface area contributed by atoms with E-state index in [9.17, 15) is 45.6 Å². The number of nitrogens with one attached hydrogen (secondary N) is 1. The fourth-order valence-electron chi connectivity index (χ4n) is 7.41. The first-order valence-electron chi connectivity index (χ1n) is 21.8. The Hall–Kier alpha value is -1.01. The Bertz CT molecular complexity index is 946. The highest BCUT2D eigenvalue weighted by molar-refractivity contribution is 5.76. The van der Waals surface area contributed by atoms with Gasteiger partial charge in [0.25, 0.3) is 0 Å². The first kappa shape index (κ1) is 50.1. The number of hydrogen-bond donors (Lipinski definition) is 9. The van der Waals surface area contributed by atoms with Crippen LogP contribution in [0.1, 0.15) is 162 Å². The van der Waals surface area contributed by atoms with Gasteiger partial charge in [0.2, 0.25) is 5.91 Å². The van der Waals surface area contributed by atoms with Crippen molar-refractivity contribution in [1.29, 1.82) is 0 Å². The molecule has 2 fully saturated rings. The summed E-state index contributed by atoms with van der Waals surface area (Å²) in [4.78, 5) is 13.0. The summed E-state index contributed by atoms with van der Waals surface area (Å²) < 4.78 is 22.6. The zero-order valence-electron chi connectivity index (χ0n) is 33.9. The van der Waals surface area contributed by atoms with Gasteiger partial charge in [-0.05, 0) is 12.8 Å². The van der Waals surface area contributed by atoms with Gasteiger partial charge in [0.15, 0.2) is 12.6 Å². The summed E-state index contributed by atoms with van der Waals surface area (Å²) in [5.74, 6) is -0.211. The summed E-state index contributed by atoms with van der Waals surface area (Å²) >= 11 is 0. The second kappa shape index (κ2) is 30.1. The molecule has 0 aliphatic carbocycles. The lowest BCUT2D eigenvalue weighted by atomic mass is 9.97. The molecule has 0 aromatic carbocycles. The topological polar surface area (TPSA) is 228 Å². The Kier molecular flexibility index (Phi) is 27.4. The van der Waals surface area contributed by atoms with Crippen LogP contribution in [-0.2, 0) is 23.7 Å². The van der Waals surface area contributed by atoms with Crippen LogP contribution in [0.25, 0.3) is 0 Å². The normalized spacial score (nSPS) is 29.6. The van der Waals surface area contributed by atoms with Crippen molar-refractivity contribution < 1.29 is 64.6 Å². The number of hydrogen-bond acceptors (Lipinski definition) is 13. The number of aliphatic hydroxyl groups is 8. The number of amides is 1.